The van der Waals surface area contributed by atoms with Gasteiger partial charge < -0.3 is 29.0 Å². The first-order valence-corrected chi connectivity index (χ1v) is 10.2. The van der Waals surface area contributed by atoms with Crippen molar-refractivity contribution in [1.29, 1.82) is 0 Å². The number of hydrogen-bond donors (Lipinski definition) is 1. The van der Waals surface area contributed by atoms with E-state index >= 15 is 0 Å². The molecule has 0 spiro atoms. The number of fused-ring (bicyclic) bond motifs is 1. The molecule has 0 saturated carbocycles. The lowest BCUT2D eigenvalue weighted by molar-refractivity contribution is -0.118. The second-order valence-corrected chi connectivity index (χ2v) is 7.68. The summed E-state index contributed by atoms with van der Waals surface area (Å²) < 4.78 is 18.3. The Hall–Kier alpha value is -3.52. The molecule has 3 heterocycles. The number of carbonyl (C=O) groups excluding carboxylic acids is 1. The smallest absolute Gasteiger partial charge is 0.244 e. The molecule has 1 saturated heterocycles. The number of aryl methyl sites for hydroxylation is 1. The quantitative estimate of drug-likeness (QED) is 0.661. The van der Waals surface area contributed by atoms with Gasteiger partial charge in [-0.15, -0.1) is 0 Å². The zero-order chi connectivity index (χ0) is 21.4. The predicted molar refractivity (Wildman–Crippen MR) is 115 cm³/mol. The number of rotatable bonds is 6. The minimum atomic E-state index is -0.229. The van der Waals surface area contributed by atoms with E-state index in [4.69, 9.17) is 14.2 Å². The maximum atomic E-state index is 13.0. The highest BCUT2D eigenvalue weighted by Crippen LogP contribution is 2.33. The fourth-order valence-corrected chi connectivity index (χ4v) is 4.02. The number of amides is 1. The standard InChI is InChI=1S/C23H24N4O4/c1-15-12-26(13-25-15)19-5-4-17(10-21(19)29-2)27-8-7-18(23(27)28)24-11-16-3-6-20-22(9-16)31-14-30-20/h3-6,9-10,12-13,18,24H,7-8,11,14H2,1-2H3. The third kappa shape index (κ3) is 3.70. The van der Waals surface area contributed by atoms with Gasteiger partial charge in [0.1, 0.15) is 5.75 Å². The lowest BCUT2D eigenvalue weighted by Gasteiger charge is -2.19. The highest BCUT2D eigenvalue weighted by atomic mass is 16.7. The summed E-state index contributed by atoms with van der Waals surface area (Å²) >= 11 is 0. The summed E-state index contributed by atoms with van der Waals surface area (Å²) in [7, 11) is 1.63. The Morgan fingerprint density at radius 1 is 1.19 bits per heavy atom. The Kier molecular flexibility index (Phi) is 4.99. The van der Waals surface area contributed by atoms with Crippen LogP contribution in [0.3, 0.4) is 0 Å². The van der Waals surface area contributed by atoms with E-state index in [1.54, 1.807) is 13.4 Å². The SMILES string of the molecule is COc1cc(N2CCC(NCc3ccc4c(c3)OCO4)C2=O)ccc1-n1cnc(C)c1. The minimum absolute atomic E-state index is 0.0639. The van der Waals surface area contributed by atoms with Crippen molar-refractivity contribution in [2.45, 2.75) is 25.9 Å². The second kappa shape index (κ2) is 7.96. The molecule has 1 fully saturated rings. The lowest BCUT2D eigenvalue weighted by atomic mass is 10.1. The first-order valence-electron chi connectivity index (χ1n) is 10.2. The molecule has 3 aromatic rings. The topological polar surface area (TPSA) is 77.9 Å². The van der Waals surface area contributed by atoms with Gasteiger partial charge in [-0.05, 0) is 43.2 Å². The van der Waals surface area contributed by atoms with Crippen LogP contribution in [0.5, 0.6) is 17.2 Å². The van der Waals surface area contributed by atoms with Crippen molar-refractivity contribution in [2.24, 2.45) is 0 Å². The molecule has 8 heteroatoms. The number of aromatic nitrogens is 2. The van der Waals surface area contributed by atoms with Crippen LogP contribution in [0.25, 0.3) is 5.69 Å². The van der Waals surface area contributed by atoms with Crippen molar-refractivity contribution in [3.63, 3.8) is 0 Å². The van der Waals surface area contributed by atoms with E-state index in [2.05, 4.69) is 10.3 Å². The summed E-state index contributed by atoms with van der Waals surface area (Å²) in [6, 6.07) is 11.4. The van der Waals surface area contributed by atoms with Gasteiger partial charge in [0, 0.05) is 31.0 Å². The molecular formula is C23H24N4O4. The molecule has 1 atom stereocenters. The second-order valence-electron chi connectivity index (χ2n) is 7.68. The summed E-state index contributed by atoms with van der Waals surface area (Å²) in [4.78, 5) is 19.1. The molecular weight excluding hydrogens is 396 g/mol. The monoisotopic (exact) mass is 420 g/mol. The number of nitrogens with zero attached hydrogens (tertiary/aromatic N) is 3. The largest absolute Gasteiger partial charge is 0.494 e. The van der Waals surface area contributed by atoms with E-state index in [1.807, 2.05) is 59.0 Å². The fourth-order valence-electron chi connectivity index (χ4n) is 4.02. The molecule has 2 aliphatic rings. The fraction of sp³-hybridized carbons (Fsp3) is 0.304. The van der Waals surface area contributed by atoms with Gasteiger partial charge in [-0.25, -0.2) is 4.98 Å². The van der Waals surface area contributed by atoms with Gasteiger partial charge in [0.05, 0.1) is 30.9 Å². The van der Waals surface area contributed by atoms with E-state index < -0.39 is 0 Å². The normalized spacial score (nSPS) is 17.4. The van der Waals surface area contributed by atoms with Gasteiger partial charge in [0.2, 0.25) is 12.7 Å². The van der Waals surface area contributed by atoms with E-state index in [0.29, 0.717) is 18.8 Å². The molecule has 5 rings (SSSR count). The van der Waals surface area contributed by atoms with Crippen molar-refractivity contribution >= 4 is 11.6 Å². The number of benzene rings is 2. The Morgan fingerprint density at radius 2 is 2.06 bits per heavy atom. The van der Waals surface area contributed by atoms with Gasteiger partial charge in [-0.1, -0.05) is 6.07 Å². The first kappa shape index (κ1) is 19.4. The van der Waals surface area contributed by atoms with Gasteiger partial charge in [-0.3, -0.25) is 4.79 Å². The van der Waals surface area contributed by atoms with Crippen LogP contribution in [-0.4, -0.2) is 41.9 Å². The molecule has 31 heavy (non-hydrogen) atoms. The maximum Gasteiger partial charge on any atom is 0.244 e. The van der Waals surface area contributed by atoms with Crippen LogP contribution < -0.4 is 24.4 Å². The van der Waals surface area contributed by atoms with Crippen LogP contribution in [0.4, 0.5) is 5.69 Å². The highest BCUT2D eigenvalue weighted by molar-refractivity contribution is 5.99. The van der Waals surface area contributed by atoms with Crippen molar-refractivity contribution in [3.05, 3.63) is 60.2 Å². The Balaban J connectivity index is 1.28. The highest BCUT2D eigenvalue weighted by Gasteiger charge is 2.32. The molecule has 0 aliphatic carbocycles. The number of nitrogens with one attached hydrogen (secondary N) is 1. The van der Waals surface area contributed by atoms with Gasteiger partial charge in [0.15, 0.2) is 11.5 Å². The molecule has 1 unspecified atom stereocenters. The average molecular weight is 420 g/mol. The Morgan fingerprint density at radius 3 is 2.87 bits per heavy atom. The number of methoxy groups -OCH3 is 1. The number of ether oxygens (including phenoxy) is 3. The third-order valence-corrected chi connectivity index (χ3v) is 5.66. The first-order chi connectivity index (χ1) is 15.1. The molecule has 0 bridgehead atoms. The third-order valence-electron chi connectivity index (χ3n) is 5.66. The van der Waals surface area contributed by atoms with Crippen LogP contribution in [0.1, 0.15) is 17.7 Å². The van der Waals surface area contributed by atoms with E-state index in [0.717, 1.165) is 40.6 Å². The Labute approximate surface area is 180 Å². The summed E-state index contributed by atoms with van der Waals surface area (Å²) in [5.74, 6) is 2.27. The van der Waals surface area contributed by atoms with Crippen LogP contribution in [0.15, 0.2) is 48.9 Å². The molecule has 1 aromatic heterocycles. The van der Waals surface area contributed by atoms with Crippen molar-refractivity contribution in [1.82, 2.24) is 14.9 Å². The van der Waals surface area contributed by atoms with Crippen LogP contribution in [0.2, 0.25) is 0 Å². The average Bonchev–Trinajstić information content (AvgIpc) is 3.51. The maximum absolute atomic E-state index is 13.0. The van der Waals surface area contributed by atoms with Crippen LogP contribution in [-0.2, 0) is 11.3 Å². The van der Waals surface area contributed by atoms with E-state index in [9.17, 15) is 4.79 Å². The number of imidazole rings is 1. The van der Waals surface area contributed by atoms with Crippen LogP contribution in [0, 0.1) is 6.92 Å². The van der Waals surface area contributed by atoms with E-state index in [-0.39, 0.29) is 18.7 Å². The van der Waals surface area contributed by atoms with Crippen molar-refractivity contribution < 1.29 is 19.0 Å². The number of hydrogen-bond acceptors (Lipinski definition) is 6. The number of anilines is 1. The van der Waals surface area contributed by atoms with E-state index in [1.165, 1.54) is 0 Å². The predicted octanol–water partition coefficient (Wildman–Crippen LogP) is 2.81. The molecule has 0 radical (unpaired) electrons. The minimum Gasteiger partial charge on any atom is -0.494 e. The molecule has 1 N–H and O–H groups in total. The summed E-state index contributed by atoms with van der Waals surface area (Å²) in [6.07, 6.45) is 4.44. The zero-order valence-electron chi connectivity index (χ0n) is 17.5. The van der Waals surface area contributed by atoms with Gasteiger partial charge in [0.25, 0.3) is 0 Å². The molecule has 160 valence electrons. The molecule has 2 aromatic carbocycles. The lowest BCUT2D eigenvalue weighted by Crippen LogP contribution is -2.38. The summed E-state index contributed by atoms with van der Waals surface area (Å²) in [5.41, 5.74) is 3.69. The van der Waals surface area contributed by atoms with Gasteiger partial charge >= 0.3 is 0 Å². The summed E-state index contributed by atoms with van der Waals surface area (Å²) in [6.45, 7) is 3.44. The van der Waals surface area contributed by atoms with Gasteiger partial charge in [-0.2, -0.15) is 0 Å². The van der Waals surface area contributed by atoms with Crippen molar-refractivity contribution in [2.75, 3.05) is 25.3 Å². The number of carbonyl (C=O) groups is 1. The molecule has 8 nitrogen and oxygen atoms in total. The molecule has 1 amide bonds. The van der Waals surface area contributed by atoms with Crippen molar-refractivity contribution in [3.8, 4) is 22.9 Å². The zero-order valence-corrected chi connectivity index (χ0v) is 17.5. The van der Waals surface area contributed by atoms with Crippen LogP contribution >= 0.6 is 0 Å². The Bertz CT molecular complexity index is 1130. The summed E-state index contributed by atoms with van der Waals surface area (Å²) in [5, 5.41) is 3.38. The molecule has 2 aliphatic heterocycles.